The lowest BCUT2D eigenvalue weighted by molar-refractivity contribution is 0.00167. The normalized spacial score (nSPS) is 22.4. The van der Waals surface area contributed by atoms with E-state index in [1.54, 1.807) is 13.1 Å². The number of nitrogens with zero attached hydrogens (tertiary/aromatic N) is 5. The third-order valence-corrected chi connectivity index (χ3v) is 10.6. The minimum Gasteiger partial charge on any atom is -0.446 e. The van der Waals surface area contributed by atoms with Gasteiger partial charge in [0.1, 0.15) is 17.7 Å². The van der Waals surface area contributed by atoms with E-state index in [1.807, 2.05) is 44.2 Å². The molecule has 3 unspecified atom stereocenters. The first-order chi connectivity index (χ1) is 21.8. The van der Waals surface area contributed by atoms with Crippen molar-refractivity contribution in [3.8, 4) is 6.07 Å². The van der Waals surface area contributed by atoms with Crippen molar-refractivity contribution in [3.63, 3.8) is 0 Å². The Balaban J connectivity index is 1.24. The number of rotatable bonds is 9. The lowest BCUT2D eigenvalue weighted by atomic mass is 9.58. The van der Waals surface area contributed by atoms with Gasteiger partial charge in [-0.2, -0.15) is 5.26 Å². The first-order valence-electron chi connectivity index (χ1n) is 16.4. The Morgan fingerprint density at radius 3 is 2.51 bits per heavy atom. The van der Waals surface area contributed by atoms with Crippen LogP contribution in [0, 0.1) is 48.7 Å². The van der Waals surface area contributed by atoms with Gasteiger partial charge in [-0.3, -0.25) is 0 Å². The molecule has 1 N–H and O–H groups in total. The number of benzene rings is 2. The fraction of sp³-hybridized carbons (Fsp3) is 0.528. The highest BCUT2D eigenvalue weighted by Crippen LogP contribution is 2.52. The summed E-state index contributed by atoms with van der Waals surface area (Å²) in [5, 5.41) is 11.8. The van der Waals surface area contributed by atoms with Crippen LogP contribution in [0.1, 0.15) is 54.7 Å². The van der Waals surface area contributed by atoms with E-state index >= 15 is 4.39 Å². The summed E-state index contributed by atoms with van der Waals surface area (Å²) >= 11 is 0. The molecule has 0 bridgehead atoms. The number of aryl methyl sites for hydroxylation is 2. The molecule has 6 rings (SSSR count). The lowest BCUT2D eigenvalue weighted by Crippen LogP contribution is -2.55. The van der Waals surface area contributed by atoms with Crippen LogP contribution in [0.15, 0.2) is 54.7 Å². The Kier molecular flexibility index (Phi) is 9.14. The molecule has 3 aliphatic rings. The molecule has 9 heteroatoms. The molecule has 1 aromatic heterocycles. The number of carbonyl (C=O) groups is 1. The number of piperidine rings is 1. The molecule has 45 heavy (non-hydrogen) atoms. The van der Waals surface area contributed by atoms with E-state index in [1.165, 1.54) is 11.8 Å². The van der Waals surface area contributed by atoms with Gasteiger partial charge in [-0.15, -0.1) is 0 Å². The van der Waals surface area contributed by atoms with Crippen LogP contribution in [0.5, 0.6) is 0 Å². The summed E-state index contributed by atoms with van der Waals surface area (Å²) in [4.78, 5) is 22.2. The average molecular weight is 613 g/mol. The Morgan fingerprint density at radius 2 is 1.87 bits per heavy atom. The third kappa shape index (κ3) is 6.44. The maximum absolute atomic E-state index is 15.0. The average Bonchev–Trinajstić information content (AvgIpc) is 3.62. The van der Waals surface area contributed by atoms with Crippen molar-refractivity contribution in [1.82, 2.24) is 19.8 Å². The number of hydrogen-bond donors (Lipinski definition) is 1. The Morgan fingerprint density at radius 1 is 1.11 bits per heavy atom. The predicted octanol–water partition coefficient (Wildman–Crippen LogP) is 5.82. The van der Waals surface area contributed by atoms with Gasteiger partial charge in [0, 0.05) is 62.4 Å². The lowest BCUT2D eigenvalue weighted by Gasteiger charge is -2.51. The van der Waals surface area contributed by atoms with Crippen LogP contribution in [0.25, 0.3) is 0 Å². The van der Waals surface area contributed by atoms with E-state index in [-0.39, 0.29) is 23.8 Å². The molecular weight excluding hydrogens is 567 g/mol. The number of anilines is 1. The predicted molar refractivity (Wildman–Crippen MR) is 172 cm³/mol. The molecular formula is C36H45FN6O2. The molecule has 1 aliphatic carbocycles. The number of nitrogens with one attached hydrogen (secondary N) is 1. The second kappa shape index (κ2) is 13.2. The zero-order valence-electron chi connectivity index (χ0n) is 26.7. The number of nitriles is 1. The molecule has 0 radical (unpaired) electrons. The maximum atomic E-state index is 15.0. The summed E-state index contributed by atoms with van der Waals surface area (Å²) in [6.45, 7) is 9.83. The Labute approximate surface area is 266 Å². The zero-order chi connectivity index (χ0) is 31.6. The van der Waals surface area contributed by atoms with Crippen LogP contribution in [0.2, 0.25) is 0 Å². The van der Waals surface area contributed by atoms with Crippen LogP contribution in [-0.2, 0) is 16.7 Å². The fourth-order valence-electron chi connectivity index (χ4n) is 8.47. The molecule has 1 saturated carbocycles. The topological polar surface area (TPSA) is 86.4 Å². The molecule has 1 amide bonds. The Hall–Kier alpha value is -3.90. The number of hydrogen-bond acceptors (Lipinski definition) is 6. The van der Waals surface area contributed by atoms with Crippen molar-refractivity contribution < 1.29 is 13.9 Å². The number of halogens is 1. The summed E-state index contributed by atoms with van der Waals surface area (Å²) in [6.07, 6.45) is 6.18. The van der Waals surface area contributed by atoms with Crippen LogP contribution in [0.3, 0.4) is 0 Å². The quantitative estimate of drug-likeness (QED) is 0.328. The van der Waals surface area contributed by atoms with Gasteiger partial charge in [-0.05, 0) is 107 Å². The minimum atomic E-state index is -0.426. The van der Waals surface area contributed by atoms with E-state index in [0.29, 0.717) is 18.0 Å². The number of carbonyl (C=O) groups excluding carboxylic acids is 1. The maximum Gasteiger partial charge on any atom is 0.407 e. The highest BCUT2D eigenvalue weighted by Gasteiger charge is 2.53. The second-order valence-corrected chi connectivity index (χ2v) is 13.3. The highest BCUT2D eigenvalue weighted by atomic mass is 19.1. The van der Waals surface area contributed by atoms with Gasteiger partial charge in [0.15, 0.2) is 0 Å². The van der Waals surface area contributed by atoms with Gasteiger partial charge < -0.3 is 24.4 Å². The van der Waals surface area contributed by atoms with Gasteiger partial charge >= 0.3 is 6.09 Å². The summed E-state index contributed by atoms with van der Waals surface area (Å²) in [5.74, 6) is 1.67. The van der Waals surface area contributed by atoms with E-state index in [2.05, 4.69) is 38.0 Å². The first kappa shape index (κ1) is 31.1. The van der Waals surface area contributed by atoms with Gasteiger partial charge in [0.05, 0.1) is 17.3 Å². The van der Waals surface area contributed by atoms with Crippen molar-refractivity contribution in [1.29, 1.82) is 5.26 Å². The number of likely N-dealkylation sites (tertiary alicyclic amines) is 1. The van der Waals surface area contributed by atoms with Gasteiger partial charge in [-0.25, -0.2) is 14.2 Å². The van der Waals surface area contributed by atoms with E-state index < -0.39 is 11.5 Å². The summed E-state index contributed by atoms with van der Waals surface area (Å²) in [6, 6.07) is 17.2. The van der Waals surface area contributed by atoms with E-state index in [4.69, 9.17) is 15.0 Å². The summed E-state index contributed by atoms with van der Waals surface area (Å²) in [5.41, 5.74) is 3.41. The van der Waals surface area contributed by atoms with Crippen molar-refractivity contribution in [2.45, 2.75) is 64.0 Å². The molecule has 8 nitrogen and oxygen atoms in total. The molecule has 0 spiro atoms. The third-order valence-electron chi connectivity index (χ3n) is 10.6. The molecule has 3 aromatic rings. The first-order valence-corrected chi connectivity index (χ1v) is 16.4. The number of imidazole rings is 1. The number of ether oxygens (including phenoxy) is 1. The monoisotopic (exact) mass is 612 g/mol. The molecule has 2 aliphatic heterocycles. The van der Waals surface area contributed by atoms with Crippen LogP contribution >= 0.6 is 0 Å². The standard InChI is InChI=1S/C36H45FN6O2/c1-25-20-43(26(2)40-25)24-36(30-6-4-7-31(37)18-30,33-8-5-9-34(33)45-35(44)39-3)29-14-16-41(17-15-29)21-28-22-42(23-28)32-12-10-27(19-38)11-13-32/h4,6-7,10-13,18,20,28-29,33-34H,5,8-9,14-17,21-24H2,1-3H3,(H,39,44). The van der Waals surface area contributed by atoms with Crippen molar-refractivity contribution in [2.24, 2.45) is 17.8 Å². The molecule has 3 fully saturated rings. The SMILES string of the molecule is CNC(=O)OC1CCCC1C(Cn1cc(C)nc1C)(c1cccc(F)c1)C1CCN(CC2CN(c3ccc(C#N)cc3)C2)CC1. The van der Waals surface area contributed by atoms with Crippen molar-refractivity contribution in [3.05, 3.63) is 83.2 Å². The van der Waals surface area contributed by atoms with Crippen LogP contribution < -0.4 is 10.2 Å². The van der Waals surface area contributed by atoms with Gasteiger partial charge in [0.25, 0.3) is 0 Å². The van der Waals surface area contributed by atoms with E-state index in [0.717, 1.165) is 81.9 Å². The minimum absolute atomic E-state index is 0.0582. The molecule has 3 heterocycles. The highest BCUT2D eigenvalue weighted by molar-refractivity contribution is 5.67. The summed E-state index contributed by atoms with van der Waals surface area (Å²) in [7, 11) is 1.60. The largest absolute Gasteiger partial charge is 0.446 e. The summed E-state index contributed by atoms with van der Waals surface area (Å²) < 4.78 is 23.3. The molecule has 3 atom stereocenters. The van der Waals surface area contributed by atoms with Crippen LogP contribution in [0.4, 0.5) is 14.9 Å². The second-order valence-electron chi connectivity index (χ2n) is 13.3. The fourth-order valence-corrected chi connectivity index (χ4v) is 8.47. The number of alkyl carbamates (subject to hydrolysis) is 1. The molecule has 238 valence electrons. The molecule has 2 saturated heterocycles. The molecule has 2 aromatic carbocycles. The van der Waals surface area contributed by atoms with Crippen molar-refractivity contribution in [2.75, 3.05) is 44.7 Å². The van der Waals surface area contributed by atoms with E-state index in [9.17, 15) is 4.79 Å². The van der Waals surface area contributed by atoms with Gasteiger partial charge in [-0.1, -0.05) is 12.1 Å². The smallest absolute Gasteiger partial charge is 0.407 e. The number of aromatic nitrogens is 2. The van der Waals surface area contributed by atoms with Crippen molar-refractivity contribution >= 4 is 11.8 Å². The van der Waals surface area contributed by atoms with Crippen LogP contribution in [-0.4, -0.2) is 66.4 Å². The zero-order valence-corrected chi connectivity index (χ0v) is 26.7. The van der Waals surface area contributed by atoms with Gasteiger partial charge in [0.2, 0.25) is 0 Å². The Bertz CT molecular complexity index is 1520. The number of amides is 1.